The van der Waals surface area contributed by atoms with E-state index in [0.717, 1.165) is 4.90 Å². The third-order valence-electron chi connectivity index (χ3n) is 2.86. The highest BCUT2D eigenvalue weighted by molar-refractivity contribution is 6.01. The fraction of sp³-hybridized carbons (Fsp3) is 0.364. The van der Waals surface area contributed by atoms with E-state index >= 15 is 0 Å². The Morgan fingerprint density at radius 1 is 1.55 bits per heavy atom. The zero-order valence-electron chi connectivity index (χ0n) is 10.8. The van der Waals surface area contributed by atoms with Crippen LogP contribution in [0.4, 0.5) is 16.3 Å². The Morgan fingerprint density at radius 3 is 2.85 bits per heavy atom. The molecule has 1 aliphatic rings. The van der Waals surface area contributed by atoms with Crippen LogP contribution in [0.1, 0.15) is 5.56 Å². The second-order valence-electron chi connectivity index (χ2n) is 4.24. The van der Waals surface area contributed by atoms with Gasteiger partial charge in [-0.15, -0.1) is 0 Å². The Balaban J connectivity index is 1.91. The highest BCUT2D eigenvalue weighted by Crippen LogP contribution is 2.18. The summed E-state index contributed by atoms with van der Waals surface area (Å²) >= 11 is 0. The Kier molecular flexibility index (Phi) is 3.78. The molecule has 0 atom stereocenters. The molecule has 106 valence electrons. The summed E-state index contributed by atoms with van der Waals surface area (Å²) in [5, 5.41) is 16.0. The van der Waals surface area contributed by atoms with Gasteiger partial charge in [-0.05, 0) is 13.0 Å². The van der Waals surface area contributed by atoms with Crippen molar-refractivity contribution in [2.75, 3.05) is 25.0 Å². The smallest absolute Gasteiger partial charge is 0.324 e. The number of carbonyl (C=O) groups is 2. The molecule has 3 amide bonds. The van der Waals surface area contributed by atoms with Gasteiger partial charge in [-0.25, -0.2) is 9.78 Å². The summed E-state index contributed by atoms with van der Waals surface area (Å²) in [5.74, 6) is 0.185. The van der Waals surface area contributed by atoms with Gasteiger partial charge in [0.05, 0.1) is 11.5 Å². The minimum absolute atomic E-state index is 0.0216. The lowest BCUT2D eigenvalue weighted by Gasteiger charge is -2.13. The van der Waals surface area contributed by atoms with Crippen molar-refractivity contribution < 1.29 is 14.5 Å². The quantitative estimate of drug-likeness (QED) is 0.453. The number of urea groups is 1. The van der Waals surface area contributed by atoms with Crippen LogP contribution < -0.4 is 10.6 Å². The van der Waals surface area contributed by atoms with E-state index in [9.17, 15) is 19.7 Å². The molecule has 0 aromatic carbocycles. The first-order valence-corrected chi connectivity index (χ1v) is 5.92. The third kappa shape index (κ3) is 2.82. The molecule has 1 aromatic rings. The van der Waals surface area contributed by atoms with Gasteiger partial charge in [-0.3, -0.25) is 19.8 Å². The number of carbonyl (C=O) groups excluding carboxylic acids is 2. The van der Waals surface area contributed by atoms with Gasteiger partial charge >= 0.3 is 6.03 Å². The molecule has 1 aromatic heterocycles. The maximum atomic E-state index is 11.3. The van der Waals surface area contributed by atoms with Crippen LogP contribution >= 0.6 is 0 Å². The zero-order valence-corrected chi connectivity index (χ0v) is 10.8. The van der Waals surface area contributed by atoms with Crippen molar-refractivity contribution >= 4 is 23.4 Å². The summed E-state index contributed by atoms with van der Waals surface area (Å²) in [7, 11) is 0. The molecule has 9 heteroatoms. The second-order valence-corrected chi connectivity index (χ2v) is 4.24. The lowest BCUT2D eigenvalue weighted by Crippen LogP contribution is -2.35. The molecule has 2 heterocycles. The lowest BCUT2D eigenvalue weighted by molar-refractivity contribution is -0.385. The van der Waals surface area contributed by atoms with Gasteiger partial charge in [0.15, 0.2) is 0 Å². The number of pyridine rings is 1. The van der Waals surface area contributed by atoms with E-state index in [1.54, 1.807) is 13.0 Å². The number of nitro groups is 1. The summed E-state index contributed by atoms with van der Waals surface area (Å²) in [4.78, 5) is 37.8. The largest absolute Gasteiger partial charge is 0.368 e. The number of aryl methyl sites for hydroxylation is 1. The molecule has 20 heavy (non-hydrogen) atoms. The van der Waals surface area contributed by atoms with Crippen molar-refractivity contribution in [3.05, 3.63) is 27.9 Å². The molecule has 1 fully saturated rings. The molecule has 0 aliphatic carbocycles. The van der Waals surface area contributed by atoms with E-state index in [2.05, 4.69) is 15.6 Å². The SMILES string of the molecule is Cc1cc(NCCN2C(=O)CNC2=O)ncc1[N+](=O)[O-]. The Morgan fingerprint density at radius 2 is 2.30 bits per heavy atom. The number of nitrogens with one attached hydrogen (secondary N) is 2. The average molecular weight is 279 g/mol. The highest BCUT2D eigenvalue weighted by Gasteiger charge is 2.27. The van der Waals surface area contributed by atoms with Gasteiger partial charge in [0.1, 0.15) is 12.0 Å². The molecule has 2 rings (SSSR count). The normalized spacial score (nSPS) is 14.3. The first kappa shape index (κ1) is 13.7. The maximum Gasteiger partial charge on any atom is 0.324 e. The van der Waals surface area contributed by atoms with Crippen LogP contribution in [0.3, 0.4) is 0 Å². The molecule has 0 bridgehead atoms. The van der Waals surface area contributed by atoms with Crippen LogP contribution in [0.2, 0.25) is 0 Å². The van der Waals surface area contributed by atoms with Gasteiger partial charge < -0.3 is 10.6 Å². The Labute approximate surface area is 114 Å². The third-order valence-corrected chi connectivity index (χ3v) is 2.86. The molecule has 0 saturated carbocycles. The number of hydrogen-bond donors (Lipinski definition) is 2. The average Bonchev–Trinajstić information content (AvgIpc) is 2.70. The Bertz CT molecular complexity index is 558. The van der Waals surface area contributed by atoms with Crippen molar-refractivity contribution in [1.29, 1.82) is 0 Å². The van der Waals surface area contributed by atoms with Gasteiger partial charge in [-0.1, -0.05) is 0 Å². The predicted octanol–water partition coefficient (Wildman–Crippen LogP) is 0.262. The first-order valence-electron chi connectivity index (χ1n) is 5.92. The van der Waals surface area contributed by atoms with Crippen LogP contribution in [-0.2, 0) is 4.79 Å². The summed E-state index contributed by atoms with van der Waals surface area (Å²) in [6.07, 6.45) is 1.17. The van der Waals surface area contributed by atoms with E-state index in [4.69, 9.17) is 0 Å². The molecular formula is C11H13N5O4. The van der Waals surface area contributed by atoms with E-state index in [1.165, 1.54) is 6.20 Å². The second kappa shape index (κ2) is 5.51. The van der Waals surface area contributed by atoms with Crippen molar-refractivity contribution in [2.24, 2.45) is 0 Å². The number of aromatic nitrogens is 1. The van der Waals surface area contributed by atoms with E-state index in [0.29, 0.717) is 17.9 Å². The molecule has 1 saturated heterocycles. The molecule has 1 aliphatic heterocycles. The van der Waals surface area contributed by atoms with Crippen LogP contribution in [0.25, 0.3) is 0 Å². The van der Waals surface area contributed by atoms with Crippen LogP contribution in [0, 0.1) is 17.0 Å². The highest BCUT2D eigenvalue weighted by atomic mass is 16.6. The molecule has 2 N–H and O–H groups in total. The van der Waals surface area contributed by atoms with Crippen LogP contribution in [-0.4, -0.2) is 46.4 Å². The molecule has 9 nitrogen and oxygen atoms in total. The number of amides is 3. The van der Waals surface area contributed by atoms with E-state index in [-0.39, 0.29) is 24.7 Å². The predicted molar refractivity (Wildman–Crippen MR) is 69.2 cm³/mol. The minimum atomic E-state index is -0.501. The number of imide groups is 1. The number of anilines is 1. The summed E-state index contributed by atoms with van der Waals surface area (Å²) in [6.45, 7) is 2.17. The maximum absolute atomic E-state index is 11.3. The molecule has 0 unspecified atom stereocenters. The summed E-state index contributed by atoms with van der Waals surface area (Å²) in [6, 6.07) is 1.13. The van der Waals surface area contributed by atoms with Crippen LogP contribution in [0.5, 0.6) is 0 Å². The van der Waals surface area contributed by atoms with Crippen molar-refractivity contribution in [2.45, 2.75) is 6.92 Å². The minimum Gasteiger partial charge on any atom is -0.368 e. The zero-order chi connectivity index (χ0) is 14.7. The topological polar surface area (TPSA) is 117 Å². The van der Waals surface area contributed by atoms with Crippen LogP contribution in [0.15, 0.2) is 12.3 Å². The number of nitrogens with zero attached hydrogens (tertiary/aromatic N) is 3. The molecule has 0 spiro atoms. The number of hydrogen-bond acceptors (Lipinski definition) is 6. The Hall–Kier alpha value is -2.71. The summed E-state index contributed by atoms with van der Waals surface area (Å²) in [5.41, 5.74) is 0.437. The molecule has 0 radical (unpaired) electrons. The summed E-state index contributed by atoms with van der Waals surface area (Å²) < 4.78 is 0. The van der Waals surface area contributed by atoms with Crippen molar-refractivity contribution in [3.8, 4) is 0 Å². The monoisotopic (exact) mass is 279 g/mol. The number of rotatable bonds is 5. The van der Waals surface area contributed by atoms with E-state index in [1.807, 2.05) is 0 Å². The van der Waals surface area contributed by atoms with Gasteiger partial charge in [-0.2, -0.15) is 0 Å². The van der Waals surface area contributed by atoms with Gasteiger partial charge in [0, 0.05) is 18.7 Å². The fourth-order valence-corrected chi connectivity index (χ4v) is 1.81. The van der Waals surface area contributed by atoms with Gasteiger partial charge in [0.25, 0.3) is 5.69 Å². The van der Waals surface area contributed by atoms with Crippen molar-refractivity contribution in [1.82, 2.24) is 15.2 Å². The molecular weight excluding hydrogens is 266 g/mol. The first-order chi connectivity index (χ1) is 9.49. The lowest BCUT2D eigenvalue weighted by atomic mass is 10.2. The van der Waals surface area contributed by atoms with Gasteiger partial charge in [0.2, 0.25) is 5.91 Å². The standard InChI is InChI=1S/C11H13N5O4/c1-7-4-9(13-5-8(7)16(19)20)12-2-3-15-10(17)6-14-11(15)18/h4-5H,2-3,6H2,1H3,(H,12,13)(H,14,18). The fourth-order valence-electron chi connectivity index (χ4n) is 1.81. The van der Waals surface area contributed by atoms with E-state index < -0.39 is 11.0 Å². The van der Waals surface area contributed by atoms with Crippen molar-refractivity contribution in [3.63, 3.8) is 0 Å².